The van der Waals surface area contributed by atoms with Crippen molar-refractivity contribution in [1.29, 1.82) is 0 Å². The van der Waals surface area contributed by atoms with Crippen LogP contribution < -0.4 is 4.90 Å². The minimum atomic E-state index is 0.812. The molecule has 1 aliphatic heterocycles. The van der Waals surface area contributed by atoms with Crippen LogP contribution in [0.1, 0.15) is 18.3 Å². The second-order valence-electron chi connectivity index (χ2n) is 5.24. The smallest absolute Gasteiger partial charge is 0.205 e. The third kappa shape index (κ3) is 3.73. The minimum absolute atomic E-state index is 0.812. The molecule has 2 aromatic rings. The molecule has 4 nitrogen and oxygen atoms in total. The molecular formula is C15H19ClN4S. The zero-order chi connectivity index (χ0) is 14.7. The Hall–Kier alpha value is -1.17. The molecule has 0 atom stereocenters. The first-order chi connectivity index (χ1) is 10.2. The van der Waals surface area contributed by atoms with Gasteiger partial charge in [0.1, 0.15) is 5.82 Å². The molecule has 1 aromatic heterocycles. The van der Waals surface area contributed by atoms with Crippen LogP contribution in [0.5, 0.6) is 0 Å². The summed E-state index contributed by atoms with van der Waals surface area (Å²) in [5.41, 5.74) is 1.28. The van der Waals surface area contributed by atoms with Crippen molar-refractivity contribution in [2.75, 3.05) is 31.1 Å². The Balaban J connectivity index is 1.55. The summed E-state index contributed by atoms with van der Waals surface area (Å²) in [5.74, 6) is 0.955. The maximum absolute atomic E-state index is 6.04. The van der Waals surface area contributed by atoms with Crippen molar-refractivity contribution in [3.8, 4) is 0 Å². The molecule has 2 heterocycles. The highest BCUT2D eigenvalue weighted by Crippen LogP contribution is 2.20. The van der Waals surface area contributed by atoms with Crippen LogP contribution in [-0.4, -0.2) is 40.4 Å². The minimum Gasteiger partial charge on any atom is -0.344 e. The van der Waals surface area contributed by atoms with E-state index in [-0.39, 0.29) is 0 Å². The highest BCUT2D eigenvalue weighted by Gasteiger charge is 2.19. The maximum atomic E-state index is 6.04. The number of hydrogen-bond acceptors (Lipinski definition) is 5. The summed E-state index contributed by atoms with van der Waals surface area (Å²) >= 11 is 7.56. The topological polar surface area (TPSA) is 32.3 Å². The van der Waals surface area contributed by atoms with Gasteiger partial charge in [0.2, 0.25) is 5.13 Å². The second kappa shape index (κ2) is 6.73. The summed E-state index contributed by atoms with van der Waals surface area (Å²) < 4.78 is 4.37. The van der Waals surface area contributed by atoms with E-state index in [2.05, 4.69) is 32.1 Å². The van der Waals surface area contributed by atoms with Gasteiger partial charge in [-0.3, -0.25) is 4.90 Å². The van der Waals surface area contributed by atoms with Gasteiger partial charge in [-0.15, -0.1) is 0 Å². The fourth-order valence-electron chi connectivity index (χ4n) is 2.51. The van der Waals surface area contributed by atoms with Crippen molar-refractivity contribution >= 4 is 28.3 Å². The van der Waals surface area contributed by atoms with E-state index in [1.807, 2.05) is 18.2 Å². The van der Waals surface area contributed by atoms with E-state index in [4.69, 9.17) is 11.6 Å². The number of anilines is 1. The van der Waals surface area contributed by atoms with Gasteiger partial charge in [-0.25, -0.2) is 4.98 Å². The molecule has 0 unspecified atom stereocenters. The Morgan fingerprint density at radius 2 is 2.05 bits per heavy atom. The number of benzene rings is 1. The molecule has 21 heavy (non-hydrogen) atoms. The molecule has 0 bridgehead atoms. The normalized spacial score (nSPS) is 16.4. The van der Waals surface area contributed by atoms with E-state index in [9.17, 15) is 0 Å². The molecule has 1 aromatic carbocycles. The van der Waals surface area contributed by atoms with E-state index < -0.39 is 0 Å². The average Bonchev–Trinajstić information content (AvgIpc) is 2.97. The molecule has 0 amide bonds. The number of aryl methyl sites for hydroxylation is 1. The molecule has 112 valence electrons. The number of nitrogens with zero attached hydrogens (tertiary/aromatic N) is 4. The fourth-order valence-corrected chi connectivity index (χ4v) is 3.52. The lowest BCUT2D eigenvalue weighted by molar-refractivity contribution is 0.250. The molecule has 1 saturated heterocycles. The second-order valence-corrected chi connectivity index (χ2v) is 6.41. The van der Waals surface area contributed by atoms with Gasteiger partial charge in [-0.1, -0.05) is 30.7 Å². The van der Waals surface area contributed by atoms with Crippen molar-refractivity contribution in [1.82, 2.24) is 14.3 Å². The lowest BCUT2D eigenvalue weighted by atomic mass is 10.2. The van der Waals surface area contributed by atoms with E-state index in [1.54, 1.807) is 0 Å². The molecule has 3 rings (SSSR count). The third-order valence-corrected chi connectivity index (χ3v) is 4.76. The number of aromatic nitrogens is 2. The lowest BCUT2D eigenvalue weighted by Crippen LogP contribution is -2.45. The molecule has 0 saturated carbocycles. The molecule has 1 fully saturated rings. The Morgan fingerprint density at radius 3 is 2.71 bits per heavy atom. The number of halogens is 1. The van der Waals surface area contributed by atoms with Crippen molar-refractivity contribution < 1.29 is 0 Å². The largest absolute Gasteiger partial charge is 0.344 e. The monoisotopic (exact) mass is 322 g/mol. The predicted molar refractivity (Wildman–Crippen MR) is 88.2 cm³/mol. The van der Waals surface area contributed by atoms with Crippen molar-refractivity contribution in [2.45, 2.75) is 19.9 Å². The number of hydrogen-bond donors (Lipinski definition) is 0. The Bertz CT molecular complexity index is 593. The van der Waals surface area contributed by atoms with Crippen LogP contribution >= 0.6 is 23.1 Å². The summed E-state index contributed by atoms with van der Waals surface area (Å²) in [7, 11) is 0. The summed E-state index contributed by atoms with van der Waals surface area (Å²) in [6, 6.07) is 8.12. The van der Waals surface area contributed by atoms with E-state index in [0.29, 0.717) is 0 Å². The van der Waals surface area contributed by atoms with Crippen LogP contribution in [0.4, 0.5) is 5.13 Å². The van der Waals surface area contributed by atoms with E-state index in [1.165, 1.54) is 17.1 Å². The Morgan fingerprint density at radius 1 is 1.24 bits per heavy atom. The quantitative estimate of drug-likeness (QED) is 0.866. The van der Waals surface area contributed by atoms with Gasteiger partial charge in [-0.2, -0.15) is 4.37 Å². The van der Waals surface area contributed by atoms with Gasteiger partial charge >= 0.3 is 0 Å². The van der Waals surface area contributed by atoms with Gasteiger partial charge < -0.3 is 4.90 Å². The van der Waals surface area contributed by atoms with E-state index >= 15 is 0 Å². The highest BCUT2D eigenvalue weighted by atomic mass is 35.5. The van der Waals surface area contributed by atoms with Crippen LogP contribution in [0.2, 0.25) is 5.02 Å². The first-order valence-corrected chi connectivity index (χ1v) is 8.44. The molecule has 0 radical (unpaired) electrons. The first kappa shape index (κ1) is 14.8. The zero-order valence-electron chi connectivity index (χ0n) is 12.1. The van der Waals surface area contributed by atoms with Gasteiger partial charge in [-0.05, 0) is 17.7 Å². The summed E-state index contributed by atoms with van der Waals surface area (Å²) in [6.45, 7) is 7.18. The fraction of sp³-hybridized carbons (Fsp3) is 0.467. The zero-order valence-corrected chi connectivity index (χ0v) is 13.7. The molecule has 0 aliphatic carbocycles. The first-order valence-electron chi connectivity index (χ1n) is 7.29. The molecule has 0 spiro atoms. The average molecular weight is 323 g/mol. The summed E-state index contributed by atoms with van der Waals surface area (Å²) in [6.07, 6.45) is 0.908. The maximum Gasteiger partial charge on any atom is 0.205 e. The van der Waals surface area contributed by atoms with E-state index in [0.717, 1.165) is 55.1 Å². The van der Waals surface area contributed by atoms with Gasteiger partial charge in [0.15, 0.2) is 0 Å². The van der Waals surface area contributed by atoms with Crippen molar-refractivity contribution in [3.05, 3.63) is 40.7 Å². The summed E-state index contributed by atoms with van der Waals surface area (Å²) in [5, 5.41) is 1.88. The third-order valence-electron chi connectivity index (χ3n) is 3.71. The standard InChI is InChI=1S/C15H19ClN4S/c1-2-14-17-15(21-18-14)20-8-6-19(7-9-20)11-12-4-3-5-13(16)10-12/h3-5,10H,2,6-9,11H2,1H3. The van der Waals surface area contributed by atoms with Crippen LogP contribution in [0, 0.1) is 0 Å². The van der Waals surface area contributed by atoms with Crippen molar-refractivity contribution in [2.24, 2.45) is 0 Å². The highest BCUT2D eigenvalue weighted by molar-refractivity contribution is 7.09. The van der Waals surface area contributed by atoms with Crippen LogP contribution in [0.3, 0.4) is 0 Å². The Labute approximate surface area is 134 Å². The van der Waals surface area contributed by atoms with Crippen LogP contribution in [-0.2, 0) is 13.0 Å². The number of rotatable bonds is 4. The van der Waals surface area contributed by atoms with Gasteiger partial charge in [0.25, 0.3) is 0 Å². The molecule has 6 heteroatoms. The predicted octanol–water partition coefficient (Wildman–Crippen LogP) is 3.08. The van der Waals surface area contributed by atoms with Crippen LogP contribution in [0.15, 0.2) is 24.3 Å². The molecular weight excluding hydrogens is 304 g/mol. The number of piperazine rings is 1. The van der Waals surface area contributed by atoms with Gasteiger partial charge in [0.05, 0.1) is 0 Å². The Kier molecular flexibility index (Phi) is 4.73. The van der Waals surface area contributed by atoms with Gasteiger partial charge in [0, 0.05) is 55.7 Å². The molecule has 1 aliphatic rings. The summed E-state index contributed by atoms with van der Waals surface area (Å²) in [4.78, 5) is 9.37. The van der Waals surface area contributed by atoms with Crippen LogP contribution in [0.25, 0.3) is 0 Å². The molecule has 0 N–H and O–H groups in total. The SMILES string of the molecule is CCc1nsc(N2CCN(Cc3cccc(Cl)c3)CC2)n1. The van der Waals surface area contributed by atoms with Crippen molar-refractivity contribution in [3.63, 3.8) is 0 Å². The lowest BCUT2D eigenvalue weighted by Gasteiger charge is -2.34.